The minimum absolute atomic E-state index is 0.213. The molecule has 9 heteroatoms. The van der Waals surface area contributed by atoms with E-state index in [0.29, 0.717) is 21.7 Å². The van der Waals surface area contributed by atoms with Crippen LogP contribution in [0.25, 0.3) is 10.2 Å². The largest absolute Gasteiger partial charge is 0.457 e. The van der Waals surface area contributed by atoms with Crippen molar-refractivity contribution in [2.24, 2.45) is 0 Å². The number of carbonyl (C=O) groups excluding carboxylic acids is 2. The fraction of sp³-hybridized carbons (Fsp3) is 0.130. The van der Waals surface area contributed by atoms with E-state index in [-0.39, 0.29) is 24.6 Å². The molecule has 162 valence electrons. The Bertz CT molecular complexity index is 1310. The zero-order valence-corrected chi connectivity index (χ0v) is 18.0. The molecule has 2 amide bonds. The Morgan fingerprint density at radius 1 is 1.03 bits per heavy atom. The van der Waals surface area contributed by atoms with Crippen molar-refractivity contribution in [3.63, 3.8) is 0 Å². The first kappa shape index (κ1) is 21.3. The number of hydrogen-bond donors (Lipinski definition) is 2. The smallest absolute Gasteiger partial charge is 0.262 e. The second-order valence-electron chi connectivity index (χ2n) is 7.02. The van der Waals surface area contributed by atoms with Crippen molar-refractivity contribution in [1.29, 1.82) is 0 Å². The van der Waals surface area contributed by atoms with Crippen LogP contribution in [0.3, 0.4) is 0 Å². The molecule has 0 aliphatic heterocycles. The van der Waals surface area contributed by atoms with Gasteiger partial charge in [-0.05, 0) is 49.4 Å². The third kappa shape index (κ3) is 5.19. The number of carbonyl (C=O) groups is 2. The SMILES string of the molecule is Cc1cc2c(=O)n(CC(=O)NCC(=O)Nc3ccc(Oc4ccccc4)cc3)cnc2s1. The molecule has 0 saturated heterocycles. The van der Waals surface area contributed by atoms with Gasteiger partial charge in [0.05, 0.1) is 18.3 Å². The van der Waals surface area contributed by atoms with Crippen molar-refractivity contribution in [3.8, 4) is 11.5 Å². The summed E-state index contributed by atoms with van der Waals surface area (Å²) in [6.45, 7) is 1.46. The number of aromatic nitrogens is 2. The molecule has 0 aliphatic carbocycles. The van der Waals surface area contributed by atoms with Crippen molar-refractivity contribution in [3.05, 3.63) is 82.2 Å². The minimum Gasteiger partial charge on any atom is -0.457 e. The molecular formula is C23H20N4O4S. The number of nitrogens with one attached hydrogen (secondary N) is 2. The van der Waals surface area contributed by atoms with E-state index in [1.165, 1.54) is 22.2 Å². The maximum atomic E-state index is 12.5. The van der Waals surface area contributed by atoms with E-state index in [4.69, 9.17) is 4.74 Å². The van der Waals surface area contributed by atoms with Crippen LogP contribution in [-0.2, 0) is 16.1 Å². The Morgan fingerprint density at radius 2 is 1.75 bits per heavy atom. The molecule has 0 atom stereocenters. The summed E-state index contributed by atoms with van der Waals surface area (Å²) < 4.78 is 6.94. The Kier molecular flexibility index (Phi) is 6.27. The Morgan fingerprint density at radius 3 is 2.50 bits per heavy atom. The molecule has 0 saturated carbocycles. The third-order valence-electron chi connectivity index (χ3n) is 4.52. The maximum absolute atomic E-state index is 12.5. The van der Waals surface area contributed by atoms with Crippen molar-refractivity contribution in [2.75, 3.05) is 11.9 Å². The fourth-order valence-corrected chi connectivity index (χ4v) is 3.86. The molecule has 2 N–H and O–H groups in total. The number of anilines is 1. The molecule has 32 heavy (non-hydrogen) atoms. The molecule has 0 radical (unpaired) electrons. The summed E-state index contributed by atoms with van der Waals surface area (Å²) in [4.78, 5) is 42.6. The van der Waals surface area contributed by atoms with Crippen molar-refractivity contribution >= 4 is 39.1 Å². The van der Waals surface area contributed by atoms with Crippen LogP contribution >= 0.6 is 11.3 Å². The van der Waals surface area contributed by atoms with E-state index in [2.05, 4.69) is 15.6 Å². The van der Waals surface area contributed by atoms with Gasteiger partial charge in [0.25, 0.3) is 5.56 Å². The van der Waals surface area contributed by atoms with E-state index in [1.54, 1.807) is 30.3 Å². The van der Waals surface area contributed by atoms with Gasteiger partial charge in [-0.3, -0.25) is 19.0 Å². The number of hydrogen-bond acceptors (Lipinski definition) is 6. The molecule has 4 aromatic rings. The predicted molar refractivity (Wildman–Crippen MR) is 123 cm³/mol. The molecule has 8 nitrogen and oxygen atoms in total. The number of fused-ring (bicyclic) bond motifs is 1. The standard InChI is InChI=1S/C23H20N4O4S/c1-15-11-19-22(32-15)25-14-27(23(19)30)13-21(29)24-12-20(28)26-16-7-9-18(10-8-16)31-17-5-3-2-4-6-17/h2-11,14H,12-13H2,1H3,(H,24,29)(H,26,28). The van der Waals surface area contributed by atoms with Gasteiger partial charge < -0.3 is 15.4 Å². The quantitative estimate of drug-likeness (QED) is 0.452. The van der Waals surface area contributed by atoms with E-state index in [0.717, 1.165) is 10.6 Å². The van der Waals surface area contributed by atoms with Crippen molar-refractivity contribution in [2.45, 2.75) is 13.5 Å². The number of amides is 2. The average Bonchev–Trinajstić information content (AvgIpc) is 3.18. The first-order chi connectivity index (χ1) is 15.5. The van der Waals surface area contributed by atoms with Crippen LogP contribution in [0.1, 0.15) is 4.88 Å². The molecule has 2 aromatic heterocycles. The van der Waals surface area contributed by atoms with Crippen LogP contribution in [0, 0.1) is 6.92 Å². The number of ether oxygens (including phenoxy) is 1. The summed E-state index contributed by atoms with van der Waals surface area (Å²) >= 11 is 1.42. The Labute approximate surface area is 187 Å². The van der Waals surface area contributed by atoms with Gasteiger partial charge in [0.15, 0.2) is 0 Å². The first-order valence-corrected chi connectivity index (χ1v) is 10.6. The highest BCUT2D eigenvalue weighted by Crippen LogP contribution is 2.22. The third-order valence-corrected chi connectivity index (χ3v) is 5.48. The second kappa shape index (κ2) is 9.44. The number of rotatable bonds is 7. The topological polar surface area (TPSA) is 102 Å². The number of aryl methyl sites for hydroxylation is 1. The molecule has 0 spiro atoms. The summed E-state index contributed by atoms with van der Waals surface area (Å²) in [5, 5.41) is 5.70. The van der Waals surface area contributed by atoms with Gasteiger partial charge in [0.2, 0.25) is 11.8 Å². The second-order valence-corrected chi connectivity index (χ2v) is 8.25. The van der Waals surface area contributed by atoms with Gasteiger partial charge in [0.1, 0.15) is 22.9 Å². The molecule has 4 rings (SSSR count). The van der Waals surface area contributed by atoms with Crippen LogP contribution in [0.2, 0.25) is 0 Å². The number of para-hydroxylation sites is 1. The average molecular weight is 449 g/mol. The fourth-order valence-electron chi connectivity index (χ4n) is 3.02. The normalized spacial score (nSPS) is 10.7. The van der Waals surface area contributed by atoms with Gasteiger partial charge in [-0.2, -0.15) is 0 Å². The highest BCUT2D eigenvalue weighted by atomic mass is 32.1. The minimum atomic E-state index is -0.457. The van der Waals surface area contributed by atoms with Gasteiger partial charge in [-0.25, -0.2) is 4.98 Å². The zero-order valence-electron chi connectivity index (χ0n) is 17.2. The molecular weight excluding hydrogens is 428 g/mol. The van der Waals surface area contributed by atoms with Gasteiger partial charge >= 0.3 is 0 Å². The van der Waals surface area contributed by atoms with Gasteiger partial charge in [-0.1, -0.05) is 18.2 Å². The lowest BCUT2D eigenvalue weighted by Crippen LogP contribution is -2.37. The molecule has 0 aliphatic rings. The summed E-state index contributed by atoms with van der Waals surface area (Å²) in [7, 11) is 0. The van der Waals surface area contributed by atoms with Gasteiger partial charge in [0, 0.05) is 10.6 Å². The maximum Gasteiger partial charge on any atom is 0.262 e. The molecule has 0 unspecified atom stereocenters. The zero-order chi connectivity index (χ0) is 22.5. The highest BCUT2D eigenvalue weighted by Gasteiger charge is 2.11. The lowest BCUT2D eigenvalue weighted by Gasteiger charge is -2.09. The molecule has 0 bridgehead atoms. The van der Waals surface area contributed by atoms with E-state index >= 15 is 0 Å². The highest BCUT2D eigenvalue weighted by molar-refractivity contribution is 7.18. The molecule has 0 fully saturated rings. The van der Waals surface area contributed by atoms with E-state index in [9.17, 15) is 14.4 Å². The van der Waals surface area contributed by atoms with Crippen LogP contribution in [0.5, 0.6) is 11.5 Å². The Hall–Kier alpha value is -3.98. The van der Waals surface area contributed by atoms with Gasteiger partial charge in [-0.15, -0.1) is 11.3 Å². The lowest BCUT2D eigenvalue weighted by atomic mass is 10.3. The number of benzene rings is 2. The molecule has 2 aromatic carbocycles. The van der Waals surface area contributed by atoms with Crippen molar-refractivity contribution in [1.82, 2.24) is 14.9 Å². The van der Waals surface area contributed by atoms with Crippen LogP contribution < -0.4 is 20.9 Å². The number of nitrogens with zero attached hydrogens (tertiary/aromatic N) is 2. The van der Waals surface area contributed by atoms with E-state index in [1.807, 2.05) is 37.3 Å². The summed E-state index contributed by atoms with van der Waals surface area (Å²) in [6, 6.07) is 18.0. The van der Waals surface area contributed by atoms with Crippen molar-refractivity contribution < 1.29 is 14.3 Å². The summed E-state index contributed by atoms with van der Waals surface area (Å²) in [5.74, 6) is 0.514. The van der Waals surface area contributed by atoms with Crippen LogP contribution in [-0.4, -0.2) is 27.9 Å². The monoisotopic (exact) mass is 448 g/mol. The summed E-state index contributed by atoms with van der Waals surface area (Å²) in [6.07, 6.45) is 1.35. The van der Waals surface area contributed by atoms with Crippen LogP contribution in [0.4, 0.5) is 5.69 Å². The predicted octanol–water partition coefficient (Wildman–Crippen LogP) is 3.31. The van der Waals surface area contributed by atoms with E-state index < -0.39 is 5.91 Å². The lowest BCUT2D eigenvalue weighted by molar-refractivity contribution is -0.124. The first-order valence-electron chi connectivity index (χ1n) is 9.83. The van der Waals surface area contributed by atoms with Crippen LogP contribution in [0.15, 0.2) is 71.8 Å². The summed E-state index contributed by atoms with van der Waals surface area (Å²) in [5.41, 5.74) is 0.292. The molecule has 2 heterocycles. The Balaban J connectivity index is 1.28. The number of thiophene rings is 1.